The van der Waals surface area contributed by atoms with Gasteiger partial charge < -0.3 is 9.84 Å². The topological polar surface area (TPSA) is 131 Å². The Morgan fingerprint density at radius 1 is 1.29 bits per heavy atom. The number of nitro benzene ring substituents is 1. The molecule has 126 valence electrons. The maximum Gasteiger partial charge on any atom is 0.282 e. The quantitative estimate of drug-likeness (QED) is 0.462. The summed E-state index contributed by atoms with van der Waals surface area (Å²) in [5, 5.41) is 24.2. The van der Waals surface area contributed by atoms with Crippen LogP contribution in [-0.4, -0.2) is 31.8 Å². The number of nitro groups is 1. The zero-order chi connectivity index (χ0) is 17.7. The molecule has 2 aromatic carbocycles. The Balaban J connectivity index is 2.29. The van der Waals surface area contributed by atoms with E-state index in [4.69, 9.17) is 4.74 Å². The standard InChI is InChI=1S/C14H13N3O6S/c1-23-14-8-12(17(19)20)10(7-13(14)18)9-15-16-24(21,22)11-5-3-2-4-6-11/h2-9,16,18H,1H3/b15-9+. The molecular weight excluding hydrogens is 338 g/mol. The number of benzene rings is 2. The summed E-state index contributed by atoms with van der Waals surface area (Å²) >= 11 is 0. The van der Waals surface area contributed by atoms with Crippen LogP contribution in [0.4, 0.5) is 5.69 Å². The second-order valence-electron chi connectivity index (χ2n) is 4.51. The average molecular weight is 351 g/mol. The Morgan fingerprint density at radius 2 is 1.96 bits per heavy atom. The third-order valence-electron chi connectivity index (χ3n) is 2.95. The van der Waals surface area contributed by atoms with E-state index >= 15 is 0 Å². The second kappa shape index (κ2) is 6.96. The molecule has 0 amide bonds. The van der Waals surface area contributed by atoms with E-state index in [9.17, 15) is 23.6 Å². The maximum absolute atomic E-state index is 12.0. The van der Waals surface area contributed by atoms with Crippen molar-refractivity contribution in [2.45, 2.75) is 4.90 Å². The molecule has 0 heterocycles. The van der Waals surface area contributed by atoms with Crippen LogP contribution in [-0.2, 0) is 10.0 Å². The van der Waals surface area contributed by atoms with Crippen molar-refractivity contribution >= 4 is 21.9 Å². The molecule has 0 saturated heterocycles. The molecule has 2 aromatic rings. The molecule has 0 aromatic heterocycles. The Kier molecular flexibility index (Phi) is 4.99. The summed E-state index contributed by atoms with van der Waals surface area (Å²) in [6, 6.07) is 9.57. The van der Waals surface area contributed by atoms with Crippen molar-refractivity contribution in [2.75, 3.05) is 7.11 Å². The fraction of sp³-hybridized carbons (Fsp3) is 0.0714. The number of rotatable bonds is 6. The van der Waals surface area contributed by atoms with Gasteiger partial charge in [-0.15, -0.1) is 0 Å². The Labute approximate surface area is 137 Å². The van der Waals surface area contributed by atoms with E-state index in [1.54, 1.807) is 18.2 Å². The molecule has 0 fully saturated rings. The van der Waals surface area contributed by atoms with Crippen molar-refractivity contribution in [3.8, 4) is 11.5 Å². The van der Waals surface area contributed by atoms with E-state index < -0.39 is 20.6 Å². The van der Waals surface area contributed by atoms with E-state index in [-0.39, 0.29) is 22.0 Å². The number of hydrazone groups is 1. The molecule has 0 saturated carbocycles. The summed E-state index contributed by atoms with van der Waals surface area (Å²) < 4.78 is 28.8. The molecule has 0 aliphatic rings. The molecule has 2 N–H and O–H groups in total. The van der Waals surface area contributed by atoms with Gasteiger partial charge in [0.1, 0.15) is 0 Å². The van der Waals surface area contributed by atoms with E-state index in [0.29, 0.717) is 0 Å². The van der Waals surface area contributed by atoms with Crippen LogP contribution in [0.3, 0.4) is 0 Å². The molecule has 0 aliphatic carbocycles. The highest BCUT2D eigenvalue weighted by Gasteiger charge is 2.18. The van der Waals surface area contributed by atoms with Gasteiger partial charge in [-0.2, -0.15) is 13.5 Å². The summed E-state index contributed by atoms with van der Waals surface area (Å²) in [4.78, 5) is 12.3. The number of phenolic OH excluding ortho intramolecular Hbond substituents is 1. The number of sulfonamides is 1. The highest BCUT2D eigenvalue weighted by Crippen LogP contribution is 2.32. The first-order valence-electron chi connectivity index (χ1n) is 6.50. The van der Waals surface area contributed by atoms with Gasteiger partial charge in [-0.1, -0.05) is 18.2 Å². The molecule has 0 radical (unpaired) electrons. The maximum atomic E-state index is 12.0. The number of nitrogens with one attached hydrogen (secondary N) is 1. The van der Waals surface area contributed by atoms with Crippen LogP contribution in [0.15, 0.2) is 52.5 Å². The van der Waals surface area contributed by atoms with Gasteiger partial charge in [-0.3, -0.25) is 10.1 Å². The number of hydrogen-bond donors (Lipinski definition) is 2. The summed E-state index contributed by atoms with van der Waals surface area (Å²) in [5.41, 5.74) is -0.485. The van der Waals surface area contributed by atoms with Crippen molar-refractivity contribution in [3.63, 3.8) is 0 Å². The van der Waals surface area contributed by atoms with Gasteiger partial charge in [-0.25, -0.2) is 4.83 Å². The first-order chi connectivity index (χ1) is 11.3. The minimum Gasteiger partial charge on any atom is -0.504 e. The van der Waals surface area contributed by atoms with Crippen LogP contribution in [0.25, 0.3) is 0 Å². The van der Waals surface area contributed by atoms with Crippen molar-refractivity contribution in [1.82, 2.24) is 4.83 Å². The third kappa shape index (κ3) is 3.79. The van der Waals surface area contributed by atoms with Crippen LogP contribution in [0.1, 0.15) is 5.56 Å². The van der Waals surface area contributed by atoms with Crippen LogP contribution in [0, 0.1) is 10.1 Å². The Hall–Kier alpha value is -3.14. The van der Waals surface area contributed by atoms with Crippen LogP contribution >= 0.6 is 0 Å². The number of hydrogen-bond acceptors (Lipinski definition) is 7. The highest BCUT2D eigenvalue weighted by atomic mass is 32.2. The average Bonchev–Trinajstić information content (AvgIpc) is 2.55. The lowest BCUT2D eigenvalue weighted by Gasteiger charge is -2.05. The van der Waals surface area contributed by atoms with E-state index in [1.807, 2.05) is 4.83 Å². The molecule has 0 aliphatic heterocycles. The van der Waals surface area contributed by atoms with Crippen LogP contribution in [0.5, 0.6) is 11.5 Å². The van der Waals surface area contributed by atoms with Gasteiger partial charge in [0.05, 0.1) is 34.8 Å². The lowest BCUT2D eigenvalue weighted by Crippen LogP contribution is -2.18. The van der Waals surface area contributed by atoms with E-state index in [0.717, 1.165) is 18.3 Å². The lowest BCUT2D eigenvalue weighted by atomic mass is 10.1. The molecule has 10 heteroatoms. The minimum absolute atomic E-state index is 0.00534. The molecule has 0 bridgehead atoms. The molecule has 24 heavy (non-hydrogen) atoms. The predicted molar refractivity (Wildman–Crippen MR) is 85.7 cm³/mol. The zero-order valence-electron chi connectivity index (χ0n) is 12.4. The van der Waals surface area contributed by atoms with Gasteiger partial charge in [0.15, 0.2) is 11.5 Å². The normalized spacial score (nSPS) is 11.4. The van der Waals surface area contributed by atoms with Gasteiger partial charge >= 0.3 is 0 Å². The SMILES string of the molecule is COc1cc([N+](=O)[O-])c(/C=N/NS(=O)(=O)c2ccccc2)cc1O. The molecule has 0 spiro atoms. The Morgan fingerprint density at radius 3 is 2.54 bits per heavy atom. The zero-order valence-corrected chi connectivity index (χ0v) is 13.2. The van der Waals surface area contributed by atoms with Gasteiger partial charge in [0.2, 0.25) is 0 Å². The highest BCUT2D eigenvalue weighted by molar-refractivity contribution is 7.89. The number of nitrogens with zero attached hydrogens (tertiary/aromatic N) is 2. The predicted octanol–water partition coefficient (Wildman–Crippen LogP) is 1.62. The monoisotopic (exact) mass is 351 g/mol. The smallest absolute Gasteiger partial charge is 0.282 e. The number of aromatic hydroxyl groups is 1. The van der Waals surface area contributed by atoms with Crippen LogP contribution in [0.2, 0.25) is 0 Å². The largest absolute Gasteiger partial charge is 0.504 e. The number of phenols is 1. The minimum atomic E-state index is -3.89. The first-order valence-corrected chi connectivity index (χ1v) is 7.99. The summed E-state index contributed by atoms with van der Waals surface area (Å²) in [5.74, 6) is -0.417. The molecule has 2 rings (SSSR count). The number of methoxy groups -OCH3 is 1. The van der Waals surface area contributed by atoms with Crippen molar-refractivity contribution in [3.05, 3.63) is 58.1 Å². The van der Waals surface area contributed by atoms with E-state index in [2.05, 4.69) is 5.10 Å². The fourth-order valence-electron chi connectivity index (χ4n) is 1.82. The van der Waals surface area contributed by atoms with Gasteiger partial charge in [-0.05, 0) is 18.2 Å². The van der Waals surface area contributed by atoms with Gasteiger partial charge in [0.25, 0.3) is 15.7 Å². The molecule has 0 atom stereocenters. The van der Waals surface area contributed by atoms with Gasteiger partial charge in [0, 0.05) is 0 Å². The second-order valence-corrected chi connectivity index (χ2v) is 6.17. The fourth-order valence-corrected chi connectivity index (χ4v) is 2.63. The molecular formula is C14H13N3O6S. The molecule has 0 unspecified atom stereocenters. The van der Waals surface area contributed by atoms with Crippen molar-refractivity contribution in [1.29, 1.82) is 0 Å². The Bertz CT molecular complexity index is 881. The third-order valence-corrected chi connectivity index (χ3v) is 4.19. The lowest BCUT2D eigenvalue weighted by molar-refractivity contribution is -0.385. The summed E-state index contributed by atoms with van der Waals surface area (Å²) in [6.07, 6.45) is 0.928. The van der Waals surface area contributed by atoms with Crippen molar-refractivity contribution < 1.29 is 23.2 Å². The first kappa shape index (κ1) is 17.2. The van der Waals surface area contributed by atoms with Crippen molar-refractivity contribution in [2.24, 2.45) is 5.10 Å². The summed E-state index contributed by atoms with van der Waals surface area (Å²) in [7, 11) is -2.64. The van der Waals surface area contributed by atoms with Crippen LogP contribution < -0.4 is 9.57 Å². The molecule has 9 nitrogen and oxygen atoms in total. The summed E-state index contributed by atoms with van der Waals surface area (Å²) in [6.45, 7) is 0. The van der Waals surface area contributed by atoms with E-state index in [1.165, 1.54) is 19.2 Å². The number of ether oxygens (including phenoxy) is 1.